The molecule has 1 amide bonds. The summed E-state index contributed by atoms with van der Waals surface area (Å²) in [4.78, 5) is 21.8. The molecular weight excluding hydrogens is 500 g/mol. The number of sulfone groups is 1. The Balaban J connectivity index is 1.21. The van der Waals surface area contributed by atoms with Gasteiger partial charge in [0.2, 0.25) is 5.91 Å². The van der Waals surface area contributed by atoms with Gasteiger partial charge in [-0.15, -0.1) is 0 Å². The molecule has 1 aromatic heterocycles. The van der Waals surface area contributed by atoms with Crippen LogP contribution in [0, 0.1) is 6.92 Å². The van der Waals surface area contributed by atoms with Gasteiger partial charge in [-0.25, -0.2) is 13.4 Å². The number of methoxy groups -OCH3 is 2. The van der Waals surface area contributed by atoms with Crippen LogP contribution in [0.5, 0.6) is 11.5 Å². The summed E-state index contributed by atoms with van der Waals surface area (Å²) < 4.78 is 36.8. The van der Waals surface area contributed by atoms with Crippen molar-refractivity contribution in [1.82, 2.24) is 15.2 Å². The second kappa shape index (κ2) is 11.4. The Morgan fingerprint density at radius 3 is 2.44 bits per heavy atom. The molecule has 1 N–H and O–H groups in total. The molecule has 0 radical (unpaired) electrons. The predicted octanol–water partition coefficient (Wildman–Crippen LogP) is 2.72. The Hall–Kier alpha value is -2.89. The number of anilines is 1. The molecule has 1 saturated heterocycles. The summed E-state index contributed by atoms with van der Waals surface area (Å²) in [5, 5.41) is 3.81. The third-order valence-corrected chi connectivity index (χ3v) is 9.08. The number of thiazole rings is 1. The third kappa shape index (κ3) is 6.08. The number of aromatic nitrogens is 1. The minimum Gasteiger partial charge on any atom is -0.493 e. The summed E-state index contributed by atoms with van der Waals surface area (Å²) in [7, 11) is -0.226. The van der Waals surface area contributed by atoms with Crippen molar-refractivity contribution in [2.24, 2.45) is 0 Å². The van der Waals surface area contributed by atoms with Gasteiger partial charge < -0.3 is 19.7 Å². The van der Waals surface area contributed by atoms with E-state index in [0.29, 0.717) is 18.0 Å². The number of fused-ring (bicyclic) bond motifs is 1. The molecule has 0 spiro atoms. The molecule has 0 bridgehead atoms. The van der Waals surface area contributed by atoms with E-state index in [9.17, 15) is 13.2 Å². The standard InChI is InChI=1S/C25H32N4O5S2/c1-18-4-6-19(7-5-18)36(31,32)17-10-22(30)26-11-12-28-13-15-29(16-14-28)25-27-23-21(35-25)9-8-20(33-2)24(23)34-3/h4-9H,10-17H2,1-3H3,(H,26,30). The van der Waals surface area contributed by atoms with Crippen LogP contribution in [0.2, 0.25) is 0 Å². The van der Waals surface area contributed by atoms with Crippen LogP contribution in [-0.2, 0) is 14.6 Å². The van der Waals surface area contributed by atoms with E-state index in [0.717, 1.165) is 53.6 Å². The van der Waals surface area contributed by atoms with Gasteiger partial charge in [-0.05, 0) is 31.2 Å². The van der Waals surface area contributed by atoms with Crippen molar-refractivity contribution in [3.63, 3.8) is 0 Å². The van der Waals surface area contributed by atoms with E-state index in [2.05, 4.69) is 15.1 Å². The smallest absolute Gasteiger partial charge is 0.221 e. The fourth-order valence-corrected chi connectivity index (χ4v) is 6.38. The van der Waals surface area contributed by atoms with Gasteiger partial charge in [0.1, 0.15) is 5.52 Å². The zero-order valence-electron chi connectivity index (χ0n) is 20.8. The molecule has 36 heavy (non-hydrogen) atoms. The number of hydrogen-bond donors (Lipinski definition) is 1. The quantitative estimate of drug-likeness (QED) is 0.425. The SMILES string of the molecule is COc1ccc2sc(N3CCN(CCNC(=O)CCS(=O)(=O)c4ccc(C)cc4)CC3)nc2c1OC. The summed E-state index contributed by atoms with van der Waals surface area (Å²) in [6.45, 7) is 6.49. The van der Waals surface area contributed by atoms with Crippen LogP contribution in [0.3, 0.4) is 0 Å². The molecule has 0 atom stereocenters. The van der Waals surface area contributed by atoms with E-state index in [-0.39, 0.29) is 23.0 Å². The molecule has 3 aromatic rings. The number of rotatable bonds is 10. The van der Waals surface area contributed by atoms with Gasteiger partial charge in [0.15, 0.2) is 26.5 Å². The van der Waals surface area contributed by atoms with E-state index < -0.39 is 9.84 Å². The number of piperazine rings is 1. The van der Waals surface area contributed by atoms with Crippen LogP contribution in [0.1, 0.15) is 12.0 Å². The molecule has 1 aliphatic rings. The van der Waals surface area contributed by atoms with Crippen LogP contribution in [0.25, 0.3) is 10.2 Å². The van der Waals surface area contributed by atoms with Gasteiger partial charge in [-0.2, -0.15) is 0 Å². The van der Waals surface area contributed by atoms with Gasteiger partial charge in [0, 0.05) is 45.7 Å². The lowest BCUT2D eigenvalue weighted by Gasteiger charge is -2.34. The molecule has 11 heteroatoms. The lowest BCUT2D eigenvalue weighted by Crippen LogP contribution is -2.48. The fourth-order valence-electron chi connectivity index (χ4n) is 4.13. The molecule has 194 valence electrons. The molecule has 0 aliphatic carbocycles. The summed E-state index contributed by atoms with van der Waals surface area (Å²) in [6, 6.07) is 10.6. The maximum Gasteiger partial charge on any atom is 0.221 e. The molecule has 1 fully saturated rings. The molecule has 2 heterocycles. The number of amides is 1. The number of nitrogens with one attached hydrogen (secondary N) is 1. The summed E-state index contributed by atoms with van der Waals surface area (Å²) in [6.07, 6.45) is -0.0458. The van der Waals surface area contributed by atoms with Crippen LogP contribution in [-0.4, -0.2) is 83.4 Å². The average molecular weight is 533 g/mol. The van der Waals surface area contributed by atoms with Gasteiger partial charge in [-0.3, -0.25) is 9.69 Å². The molecular formula is C25H32N4O5S2. The van der Waals surface area contributed by atoms with Crippen molar-refractivity contribution in [2.45, 2.75) is 18.2 Å². The monoisotopic (exact) mass is 532 g/mol. The first kappa shape index (κ1) is 26.2. The third-order valence-electron chi connectivity index (χ3n) is 6.26. The molecule has 1 aliphatic heterocycles. The molecule has 9 nitrogen and oxygen atoms in total. The minimum absolute atomic E-state index is 0.0458. The number of nitrogens with zero attached hydrogens (tertiary/aromatic N) is 3. The van der Waals surface area contributed by atoms with Crippen molar-refractivity contribution in [3.8, 4) is 11.5 Å². The highest BCUT2D eigenvalue weighted by molar-refractivity contribution is 7.91. The van der Waals surface area contributed by atoms with Gasteiger partial charge in [0.05, 0.1) is 29.6 Å². The van der Waals surface area contributed by atoms with Gasteiger partial charge in [-0.1, -0.05) is 29.0 Å². The number of aryl methyl sites for hydroxylation is 1. The van der Waals surface area contributed by atoms with Crippen molar-refractivity contribution >= 4 is 42.4 Å². The highest BCUT2D eigenvalue weighted by atomic mass is 32.2. The fraction of sp³-hybridized carbons (Fsp3) is 0.440. The first-order chi connectivity index (χ1) is 17.3. The largest absolute Gasteiger partial charge is 0.493 e. The number of ether oxygens (including phenoxy) is 2. The first-order valence-electron chi connectivity index (χ1n) is 11.9. The summed E-state index contributed by atoms with van der Waals surface area (Å²) >= 11 is 1.64. The maximum atomic E-state index is 12.4. The lowest BCUT2D eigenvalue weighted by atomic mass is 10.2. The van der Waals surface area contributed by atoms with Crippen LogP contribution in [0.15, 0.2) is 41.3 Å². The van der Waals surface area contributed by atoms with Crippen molar-refractivity contribution < 1.29 is 22.7 Å². The zero-order chi connectivity index (χ0) is 25.7. The predicted molar refractivity (Wildman–Crippen MR) is 142 cm³/mol. The molecule has 0 saturated carbocycles. The number of carbonyl (C=O) groups excluding carboxylic acids is 1. The second-order valence-corrected chi connectivity index (χ2v) is 11.8. The van der Waals surface area contributed by atoms with Crippen molar-refractivity contribution in [1.29, 1.82) is 0 Å². The highest BCUT2D eigenvalue weighted by Crippen LogP contribution is 2.40. The minimum atomic E-state index is -3.47. The second-order valence-electron chi connectivity index (χ2n) is 8.70. The van der Waals surface area contributed by atoms with Gasteiger partial charge in [0.25, 0.3) is 0 Å². The van der Waals surface area contributed by atoms with Crippen LogP contribution in [0.4, 0.5) is 5.13 Å². The van der Waals surface area contributed by atoms with E-state index in [1.165, 1.54) is 0 Å². The Kier molecular flexibility index (Phi) is 8.32. The Labute approximate surface area is 215 Å². The topological polar surface area (TPSA) is 101 Å². The molecule has 2 aromatic carbocycles. The van der Waals surface area contributed by atoms with E-state index in [1.807, 2.05) is 19.1 Å². The average Bonchev–Trinajstić information content (AvgIpc) is 3.32. The summed E-state index contributed by atoms with van der Waals surface area (Å²) in [5.74, 6) is 0.877. The van der Waals surface area contributed by atoms with Crippen LogP contribution >= 0.6 is 11.3 Å². The zero-order valence-corrected chi connectivity index (χ0v) is 22.5. The Morgan fingerprint density at radius 1 is 1.06 bits per heavy atom. The summed E-state index contributed by atoms with van der Waals surface area (Å²) in [5.41, 5.74) is 1.81. The Bertz CT molecular complexity index is 1300. The number of carbonyl (C=O) groups is 1. The van der Waals surface area contributed by atoms with Crippen LogP contribution < -0.4 is 19.7 Å². The highest BCUT2D eigenvalue weighted by Gasteiger charge is 2.22. The van der Waals surface area contributed by atoms with Crippen molar-refractivity contribution in [3.05, 3.63) is 42.0 Å². The van der Waals surface area contributed by atoms with Crippen molar-refractivity contribution in [2.75, 3.05) is 64.1 Å². The van der Waals surface area contributed by atoms with E-state index >= 15 is 0 Å². The number of benzene rings is 2. The van der Waals surface area contributed by atoms with Gasteiger partial charge >= 0.3 is 0 Å². The molecule has 0 unspecified atom stereocenters. The first-order valence-corrected chi connectivity index (χ1v) is 14.3. The molecule has 4 rings (SSSR count). The maximum absolute atomic E-state index is 12.4. The number of hydrogen-bond acceptors (Lipinski definition) is 9. The van der Waals surface area contributed by atoms with E-state index in [4.69, 9.17) is 14.5 Å². The lowest BCUT2D eigenvalue weighted by molar-refractivity contribution is -0.120. The van der Waals surface area contributed by atoms with E-state index in [1.54, 1.807) is 49.8 Å². The normalized spacial score (nSPS) is 14.7. The Morgan fingerprint density at radius 2 is 1.78 bits per heavy atom.